The van der Waals surface area contributed by atoms with Gasteiger partial charge >= 0.3 is 5.97 Å². The Hall–Kier alpha value is -1.89. The minimum Gasteiger partial charge on any atom is -0.478 e. The number of hydrogen-bond donors (Lipinski definition) is 2. The molecule has 2 amide bonds. The number of aromatic carboxylic acids is 1. The van der Waals surface area contributed by atoms with Crippen molar-refractivity contribution in [1.29, 1.82) is 0 Å². The van der Waals surface area contributed by atoms with Gasteiger partial charge in [-0.05, 0) is 18.2 Å². The molecule has 1 aromatic carbocycles. The second-order valence-electron chi connectivity index (χ2n) is 4.66. The molecule has 7 heteroatoms. The molecule has 0 spiro atoms. The van der Waals surface area contributed by atoms with E-state index in [1.165, 1.54) is 17.0 Å². The lowest BCUT2D eigenvalue weighted by atomic mass is 10.1. The quantitative estimate of drug-likeness (QED) is 0.874. The van der Waals surface area contributed by atoms with Crippen LogP contribution in [0, 0.1) is 5.92 Å². The van der Waals surface area contributed by atoms with Crippen LogP contribution in [0.3, 0.4) is 0 Å². The third-order valence-electron chi connectivity index (χ3n) is 3.18. The first kappa shape index (κ1) is 14.5. The highest BCUT2D eigenvalue weighted by molar-refractivity contribution is 9.10. The molecule has 1 aromatic rings. The number of nitrogens with one attached hydrogen (secondary N) is 1. The molecule has 106 valence electrons. The average Bonchev–Trinajstić information content (AvgIpc) is 2.71. The summed E-state index contributed by atoms with van der Waals surface area (Å²) in [5, 5.41) is 11.7. The van der Waals surface area contributed by atoms with Crippen molar-refractivity contribution in [3.8, 4) is 0 Å². The highest BCUT2D eigenvalue weighted by atomic mass is 79.9. The molecule has 1 unspecified atom stereocenters. The summed E-state index contributed by atoms with van der Waals surface area (Å²) in [4.78, 5) is 36.1. The van der Waals surface area contributed by atoms with E-state index < -0.39 is 11.9 Å². The Morgan fingerprint density at radius 1 is 1.45 bits per heavy atom. The van der Waals surface area contributed by atoms with Gasteiger partial charge in [0.05, 0.1) is 17.2 Å². The number of nitrogens with zero attached hydrogens (tertiary/aromatic N) is 1. The van der Waals surface area contributed by atoms with Crippen molar-refractivity contribution in [3.05, 3.63) is 28.2 Å². The maximum Gasteiger partial charge on any atom is 0.337 e. The highest BCUT2D eigenvalue weighted by Crippen LogP contribution is 2.23. The summed E-state index contributed by atoms with van der Waals surface area (Å²) in [6, 6.07) is 4.59. The van der Waals surface area contributed by atoms with Crippen LogP contribution in [0.5, 0.6) is 0 Å². The van der Waals surface area contributed by atoms with Crippen molar-refractivity contribution in [2.24, 2.45) is 5.92 Å². The molecule has 1 aliphatic rings. The Balaban J connectivity index is 2.16. The van der Waals surface area contributed by atoms with Gasteiger partial charge in [-0.3, -0.25) is 9.59 Å². The number of rotatable bonds is 3. The van der Waals surface area contributed by atoms with Crippen LogP contribution in [0.2, 0.25) is 0 Å². The Kier molecular flexibility index (Phi) is 4.08. The van der Waals surface area contributed by atoms with E-state index in [0.29, 0.717) is 11.0 Å². The van der Waals surface area contributed by atoms with Crippen LogP contribution >= 0.6 is 15.9 Å². The molecule has 0 aliphatic carbocycles. The summed E-state index contributed by atoms with van der Waals surface area (Å²) in [6.45, 7) is 0.351. The van der Waals surface area contributed by atoms with E-state index in [9.17, 15) is 14.4 Å². The Morgan fingerprint density at radius 2 is 2.15 bits per heavy atom. The van der Waals surface area contributed by atoms with Crippen LogP contribution in [-0.2, 0) is 9.59 Å². The van der Waals surface area contributed by atoms with Crippen molar-refractivity contribution in [2.45, 2.75) is 6.42 Å². The molecule has 0 radical (unpaired) electrons. The molecule has 1 saturated heterocycles. The van der Waals surface area contributed by atoms with Crippen LogP contribution in [0.25, 0.3) is 0 Å². The number of carboxylic acids is 1. The molecule has 0 bridgehead atoms. The lowest BCUT2D eigenvalue weighted by Crippen LogP contribution is -2.26. The SMILES string of the molecule is CN1CC(C(=O)Nc2ccc(Br)cc2C(=O)O)CC1=O. The van der Waals surface area contributed by atoms with Gasteiger partial charge in [-0.15, -0.1) is 0 Å². The number of carbonyl (C=O) groups is 3. The normalized spacial score (nSPS) is 18.2. The van der Waals surface area contributed by atoms with Crippen LogP contribution < -0.4 is 5.32 Å². The summed E-state index contributed by atoms with van der Waals surface area (Å²) in [7, 11) is 1.64. The minimum atomic E-state index is -1.12. The smallest absolute Gasteiger partial charge is 0.337 e. The van der Waals surface area contributed by atoms with Crippen molar-refractivity contribution >= 4 is 39.4 Å². The van der Waals surface area contributed by atoms with Gasteiger partial charge in [0.2, 0.25) is 11.8 Å². The standard InChI is InChI=1S/C13H13BrN2O4/c1-16-6-7(4-11(16)17)12(18)15-10-3-2-8(14)5-9(10)13(19)20/h2-3,5,7H,4,6H2,1H3,(H,15,18)(H,19,20). The Bertz CT molecular complexity index is 588. The van der Waals surface area contributed by atoms with Crippen LogP contribution in [0.15, 0.2) is 22.7 Å². The first-order chi connectivity index (χ1) is 9.38. The number of likely N-dealkylation sites (tertiary alicyclic amines) is 1. The lowest BCUT2D eigenvalue weighted by molar-refractivity contribution is -0.127. The fraction of sp³-hybridized carbons (Fsp3) is 0.308. The van der Waals surface area contributed by atoms with E-state index >= 15 is 0 Å². The van der Waals surface area contributed by atoms with Gasteiger partial charge in [-0.25, -0.2) is 4.79 Å². The number of benzene rings is 1. The lowest BCUT2D eigenvalue weighted by Gasteiger charge is -2.13. The first-order valence-corrected chi connectivity index (χ1v) is 6.75. The summed E-state index contributed by atoms with van der Waals surface area (Å²) in [6.07, 6.45) is 0.154. The van der Waals surface area contributed by atoms with E-state index in [1.54, 1.807) is 13.1 Å². The van der Waals surface area contributed by atoms with Crippen molar-refractivity contribution in [3.63, 3.8) is 0 Å². The zero-order valence-corrected chi connectivity index (χ0v) is 12.3. The number of anilines is 1. The maximum absolute atomic E-state index is 12.1. The number of hydrogen-bond acceptors (Lipinski definition) is 3. The minimum absolute atomic E-state index is 0.00500. The van der Waals surface area contributed by atoms with Crippen molar-refractivity contribution < 1.29 is 19.5 Å². The molecule has 2 rings (SSSR count). The summed E-state index contributed by atoms with van der Waals surface area (Å²) in [5.74, 6) is -1.99. The molecule has 20 heavy (non-hydrogen) atoms. The maximum atomic E-state index is 12.1. The number of carbonyl (C=O) groups excluding carboxylic acids is 2. The predicted molar refractivity (Wildman–Crippen MR) is 75.5 cm³/mol. The molecule has 1 atom stereocenters. The van der Waals surface area contributed by atoms with Gasteiger partial charge in [0.1, 0.15) is 0 Å². The largest absolute Gasteiger partial charge is 0.478 e. The zero-order valence-electron chi connectivity index (χ0n) is 10.7. The van der Waals surface area contributed by atoms with Gasteiger partial charge in [0.15, 0.2) is 0 Å². The van der Waals surface area contributed by atoms with E-state index in [4.69, 9.17) is 5.11 Å². The van der Waals surface area contributed by atoms with Gasteiger partial charge in [-0.2, -0.15) is 0 Å². The average molecular weight is 341 g/mol. The highest BCUT2D eigenvalue weighted by Gasteiger charge is 2.32. The number of halogens is 1. The van der Waals surface area contributed by atoms with Gasteiger partial charge in [0.25, 0.3) is 0 Å². The second kappa shape index (κ2) is 5.62. The van der Waals surface area contributed by atoms with Crippen molar-refractivity contribution in [2.75, 3.05) is 18.9 Å². The monoisotopic (exact) mass is 340 g/mol. The first-order valence-electron chi connectivity index (χ1n) is 5.96. The van der Waals surface area contributed by atoms with Gasteiger partial charge in [0, 0.05) is 24.5 Å². The van der Waals surface area contributed by atoms with E-state index in [2.05, 4.69) is 21.2 Å². The van der Waals surface area contributed by atoms with E-state index in [0.717, 1.165) is 0 Å². The van der Waals surface area contributed by atoms with E-state index in [1.807, 2.05) is 0 Å². The fourth-order valence-corrected chi connectivity index (χ4v) is 2.44. The number of carboxylic acid groups (broad SMARTS) is 1. The molecule has 1 heterocycles. The third-order valence-corrected chi connectivity index (χ3v) is 3.67. The summed E-state index contributed by atoms with van der Waals surface area (Å²) >= 11 is 3.19. The van der Waals surface area contributed by atoms with Crippen molar-refractivity contribution in [1.82, 2.24) is 4.90 Å². The summed E-state index contributed by atoms with van der Waals surface area (Å²) in [5.41, 5.74) is 0.234. The fourth-order valence-electron chi connectivity index (χ4n) is 2.08. The van der Waals surface area contributed by atoms with Gasteiger partial charge in [-0.1, -0.05) is 15.9 Å². The van der Waals surface area contributed by atoms with E-state index in [-0.39, 0.29) is 29.5 Å². The van der Waals surface area contributed by atoms with Gasteiger partial charge < -0.3 is 15.3 Å². The topological polar surface area (TPSA) is 86.7 Å². The molecule has 1 aliphatic heterocycles. The Morgan fingerprint density at radius 3 is 2.70 bits per heavy atom. The molecule has 6 nitrogen and oxygen atoms in total. The van der Waals surface area contributed by atoms with Crippen LogP contribution in [0.4, 0.5) is 5.69 Å². The number of amides is 2. The zero-order chi connectivity index (χ0) is 14.9. The van der Waals surface area contributed by atoms with Crippen LogP contribution in [-0.4, -0.2) is 41.4 Å². The summed E-state index contributed by atoms with van der Waals surface area (Å²) < 4.78 is 0.615. The molecule has 0 aromatic heterocycles. The second-order valence-corrected chi connectivity index (χ2v) is 5.58. The molecule has 1 fully saturated rings. The third kappa shape index (κ3) is 2.98. The van der Waals surface area contributed by atoms with Crippen LogP contribution in [0.1, 0.15) is 16.8 Å². The molecular weight excluding hydrogens is 328 g/mol. The molecular formula is C13H13BrN2O4. The Labute approximate surface area is 123 Å². The molecule has 0 saturated carbocycles. The molecule has 2 N–H and O–H groups in total. The predicted octanol–water partition coefficient (Wildman–Crippen LogP) is 1.56.